The summed E-state index contributed by atoms with van der Waals surface area (Å²) in [7, 11) is 0. The predicted molar refractivity (Wildman–Crippen MR) is 153 cm³/mol. The third-order valence-corrected chi connectivity index (χ3v) is 7.22. The maximum absolute atomic E-state index is 13.1. The number of nitrogens with zero attached hydrogens (tertiary/aromatic N) is 3. The van der Waals surface area contributed by atoms with E-state index in [1.807, 2.05) is 77.5 Å². The third-order valence-electron chi connectivity index (χ3n) is 7.22. The fourth-order valence-electron chi connectivity index (χ4n) is 4.97. The van der Waals surface area contributed by atoms with Gasteiger partial charge in [-0.05, 0) is 104 Å². The van der Waals surface area contributed by atoms with Crippen LogP contribution in [0.1, 0.15) is 39.1 Å². The van der Waals surface area contributed by atoms with E-state index in [1.54, 1.807) is 30.5 Å². The van der Waals surface area contributed by atoms with Crippen molar-refractivity contribution in [3.05, 3.63) is 120 Å². The summed E-state index contributed by atoms with van der Waals surface area (Å²) in [6.45, 7) is 1.62. The highest BCUT2D eigenvalue weighted by molar-refractivity contribution is 6.09. The fraction of sp³-hybridized carbons (Fsp3) is 0.156. The molecule has 5 aromatic rings. The highest BCUT2D eigenvalue weighted by Crippen LogP contribution is 2.22. The molecule has 0 radical (unpaired) electrons. The Labute approximate surface area is 226 Å². The number of aromatic nitrogens is 2. The van der Waals surface area contributed by atoms with Crippen molar-refractivity contribution < 1.29 is 14.7 Å². The molecule has 0 bridgehead atoms. The molecule has 3 aromatic carbocycles. The molecule has 0 spiro atoms. The van der Waals surface area contributed by atoms with Crippen molar-refractivity contribution in [2.24, 2.45) is 0 Å². The molecule has 1 saturated heterocycles. The van der Waals surface area contributed by atoms with Crippen molar-refractivity contribution in [1.82, 2.24) is 9.55 Å². The zero-order valence-electron chi connectivity index (χ0n) is 21.3. The molecule has 1 amide bonds. The molecule has 194 valence electrons. The number of hydrogen-bond donors (Lipinski definition) is 2. The first-order valence-corrected chi connectivity index (χ1v) is 13.1. The van der Waals surface area contributed by atoms with Crippen LogP contribution < -0.4 is 10.2 Å². The molecule has 2 aromatic heterocycles. The lowest BCUT2D eigenvalue weighted by Gasteiger charge is -2.31. The van der Waals surface area contributed by atoms with Crippen LogP contribution in [0.5, 0.6) is 0 Å². The van der Waals surface area contributed by atoms with Crippen molar-refractivity contribution in [3.63, 3.8) is 0 Å². The van der Waals surface area contributed by atoms with Crippen LogP contribution in [-0.2, 0) is 0 Å². The second kappa shape index (κ2) is 10.6. The lowest BCUT2D eigenvalue weighted by molar-refractivity contribution is 0.102. The molecule has 39 heavy (non-hydrogen) atoms. The van der Waals surface area contributed by atoms with Gasteiger partial charge in [0.05, 0.1) is 6.10 Å². The molecular weight excluding hydrogens is 488 g/mol. The van der Waals surface area contributed by atoms with Gasteiger partial charge in [0, 0.05) is 64.6 Å². The van der Waals surface area contributed by atoms with Crippen LogP contribution in [0.4, 0.5) is 11.4 Å². The first-order valence-electron chi connectivity index (χ1n) is 13.1. The van der Waals surface area contributed by atoms with Gasteiger partial charge in [0.25, 0.3) is 5.91 Å². The Morgan fingerprint density at radius 1 is 0.769 bits per heavy atom. The number of hydrogen-bond acceptors (Lipinski definition) is 5. The van der Waals surface area contributed by atoms with Crippen molar-refractivity contribution in [2.45, 2.75) is 18.9 Å². The van der Waals surface area contributed by atoms with E-state index < -0.39 is 0 Å². The molecule has 0 atom stereocenters. The van der Waals surface area contributed by atoms with Crippen molar-refractivity contribution >= 4 is 34.1 Å². The molecule has 1 fully saturated rings. The summed E-state index contributed by atoms with van der Waals surface area (Å²) >= 11 is 0. The van der Waals surface area contributed by atoms with Gasteiger partial charge < -0.3 is 19.9 Å². The van der Waals surface area contributed by atoms with Gasteiger partial charge in [0.15, 0.2) is 5.78 Å². The van der Waals surface area contributed by atoms with Gasteiger partial charge in [-0.25, -0.2) is 4.98 Å². The van der Waals surface area contributed by atoms with E-state index >= 15 is 0 Å². The number of carbonyl (C=O) groups excluding carboxylic acids is 2. The minimum absolute atomic E-state index is 0.0873. The largest absolute Gasteiger partial charge is 0.393 e. The van der Waals surface area contributed by atoms with Crippen molar-refractivity contribution in [2.75, 3.05) is 23.3 Å². The first-order chi connectivity index (χ1) is 19.0. The molecule has 1 aliphatic heterocycles. The van der Waals surface area contributed by atoms with Crippen LogP contribution in [0.3, 0.4) is 0 Å². The average molecular weight is 517 g/mol. The molecule has 6 rings (SSSR count). The Morgan fingerprint density at radius 3 is 2.08 bits per heavy atom. The van der Waals surface area contributed by atoms with Crippen LogP contribution in [0.25, 0.3) is 16.7 Å². The minimum Gasteiger partial charge on any atom is -0.393 e. The van der Waals surface area contributed by atoms with E-state index in [9.17, 15) is 14.7 Å². The zero-order valence-corrected chi connectivity index (χ0v) is 21.3. The Balaban J connectivity index is 1.09. The van der Waals surface area contributed by atoms with Crippen molar-refractivity contribution in [3.8, 4) is 5.69 Å². The predicted octanol–water partition coefficient (Wildman–Crippen LogP) is 5.47. The number of amides is 1. The molecule has 3 heterocycles. The minimum atomic E-state index is -0.220. The van der Waals surface area contributed by atoms with Crippen LogP contribution in [0, 0.1) is 0 Å². The topological polar surface area (TPSA) is 87.5 Å². The number of piperidine rings is 1. The molecular formula is C32H28N4O3. The lowest BCUT2D eigenvalue weighted by atomic mass is 10.0. The highest BCUT2D eigenvalue weighted by atomic mass is 16.3. The normalized spacial score (nSPS) is 13.9. The number of aliphatic hydroxyl groups is 1. The zero-order chi connectivity index (χ0) is 26.8. The number of rotatable bonds is 6. The first kappa shape index (κ1) is 24.6. The Kier molecular flexibility index (Phi) is 6.65. The van der Waals surface area contributed by atoms with E-state index in [4.69, 9.17) is 0 Å². The van der Waals surface area contributed by atoms with Gasteiger partial charge in [-0.2, -0.15) is 0 Å². The monoisotopic (exact) mass is 516 g/mol. The number of fused-ring (bicyclic) bond motifs is 1. The quantitative estimate of drug-likeness (QED) is 0.292. The van der Waals surface area contributed by atoms with Gasteiger partial charge in [-0.15, -0.1) is 0 Å². The van der Waals surface area contributed by atoms with Gasteiger partial charge in [-0.3, -0.25) is 9.59 Å². The van der Waals surface area contributed by atoms with Crippen LogP contribution in [0.2, 0.25) is 0 Å². The molecule has 0 aliphatic carbocycles. The number of anilines is 2. The van der Waals surface area contributed by atoms with Gasteiger partial charge in [0.2, 0.25) is 0 Å². The van der Waals surface area contributed by atoms with Gasteiger partial charge in [-0.1, -0.05) is 0 Å². The smallest absolute Gasteiger partial charge is 0.255 e. The molecule has 2 N–H and O–H groups in total. The van der Waals surface area contributed by atoms with Crippen LogP contribution in [0.15, 0.2) is 103 Å². The highest BCUT2D eigenvalue weighted by Gasteiger charge is 2.18. The summed E-state index contributed by atoms with van der Waals surface area (Å²) in [6, 6.07) is 27.8. The van der Waals surface area contributed by atoms with E-state index in [-0.39, 0.29) is 17.8 Å². The number of nitrogens with one attached hydrogen (secondary N) is 1. The maximum Gasteiger partial charge on any atom is 0.255 e. The third kappa shape index (κ3) is 5.17. The van der Waals surface area contributed by atoms with Crippen molar-refractivity contribution in [1.29, 1.82) is 0 Å². The van der Waals surface area contributed by atoms with E-state index in [0.29, 0.717) is 22.4 Å². The van der Waals surface area contributed by atoms with Gasteiger partial charge in [0.1, 0.15) is 5.65 Å². The van der Waals surface area contributed by atoms with Gasteiger partial charge >= 0.3 is 0 Å². The molecule has 7 nitrogen and oxygen atoms in total. The second-order valence-electron chi connectivity index (χ2n) is 9.77. The standard InChI is InChI=1S/C32H28N4O3/c37-29-16-19-35(20-17-29)27-11-7-25(8-12-27)32(39)34-26-9-3-22(4-10-26)30(38)23-5-13-28(14-6-23)36-21-15-24-2-1-18-33-31(24)36/h1-15,18,21,29,37H,16-17,19-20H2,(H,34,39). The van der Waals surface area contributed by atoms with E-state index in [1.165, 1.54) is 0 Å². The number of aliphatic hydroxyl groups excluding tert-OH is 1. The molecule has 7 heteroatoms. The number of benzene rings is 3. The summed E-state index contributed by atoms with van der Waals surface area (Å²) in [5, 5.41) is 13.7. The van der Waals surface area contributed by atoms with Crippen LogP contribution in [-0.4, -0.2) is 45.5 Å². The number of pyridine rings is 1. The SMILES string of the molecule is O=C(Nc1ccc(C(=O)c2ccc(-n3ccc4cccnc43)cc2)cc1)c1ccc(N2CCC(O)CC2)cc1. The Hall–Kier alpha value is -4.75. The summed E-state index contributed by atoms with van der Waals surface area (Å²) in [4.78, 5) is 32.5. The molecule has 0 unspecified atom stereocenters. The number of ketones is 1. The summed E-state index contributed by atoms with van der Waals surface area (Å²) in [5.74, 6) is -0.298. The van der Waals surface area contributed by atoms with Crippen LogP contribution >= 0.6 is 0 Å². The Bertz CT molecular complexity index is 1620. The van der Waals surface area contributed by atoms with E-state index in [2.05, 4.69) is 15.2 Å². The number of carbonyl (C=O) groups is 2. The summed E-state index contributed by atoms with van der Waals surface area (Å²) in [6.07, 6.45) is 5.03. The lowest BCUT2D eigenvalue weighted by Crippen LogP contribution is -2.35. The molecule has 1 aliphatic rings. The maximum atomic E-state index is 13.1. The average Bonchev–Trinajstić information content (AvgIpc) is 3.42. The summed E-state index contributed by atoms with van der Waals surface area (Å²) in [5.41, 5.74) is 5.16. The fourth-order valence-corrected chi connectivity index (χ4v) is 4.97. The van der Waals surface area contributed by atoms with E-state index in [0.717, 1.165) is 48.3 Å². The Morgan fingerprint density at radius 2 is 1.38 bits per heavy atom. The summed E-state index contributed by atoms with van der Waals surface area (Å²) < 4.78 is 1.99. The second-order valence-corrected chi connectivity index (χ2v) is 9.77. The molecule has 0 saturated carbocycles.